The van der Waals surface area contributed by atoms with Crippen molar-refractivity contribution < 1.29 is 9.13 Å². The second kappa shape index (κ2) is 7.89. The lowest BCUT2D eigenvalue weighted by Crippen LogP contribution is -2.50. The third-order valence-corrected chi connectivity index (χ3v) is 6.39. The molecule has 162 valence electrons. The quantitative estimate of drug-likeness (QED) is 0.655. The summed E-state index contributed by atoms with van der Waals surface area (Å²) >= 11 is 6.21. The number of benzene rings is 2. The first kappa shape index (κ1) is 20.4. The number of hydrogen-bond donors (Lipinski definition) is 1. The number of halogens is 2. The number of hydrogen-bond acceptors (Lipinski definition) is 5. The number of rotatable bonds is 5. The third kappa shape index (κ3) is 3.50. The van der Waals surface area contributed by atoms with Crippen LogP contribution in [0.25, 0.3) is 16.6 Å². The van der Waals surface area contributed by atoms with Crippen molar-refractivity contribution in [2.45, 2.75) is 25.3 Å². The maximum atomic E-state index is 14.0. The minimum Gasteiger partial charge on any atom is -0.492 e. The molecule has 0 spiro atoms. The molecule has 6 nitrogen and oxygen atoms in total. The molecule has 1 saturated heterocycles. The average Bonchev–Trinajstić information content (AvgIpc) is 3.58. The van der Waals surface area contributed by atoms with Gasteiger partial charge in [-0.3, -0.25) is 14.3 Å². The summed E-state index contributed by atoms with van der Waals surface area (Å²) in [5.41, 5.74) is 0.467. The first-order valence-corrected chi connectivity index (χ1v) is 11.0. The number of nitrogens with zero attached hydrogens (tertiary/aromatic N) is 3. The molecule has 0 bridgehead atoms. The molecule has 3 aromatic rings. The van der Waals surface area contributed by atoms with Gasteiger partial charge in [0.1, 0.15) is 17.4 Å². The summed E-state index contributed by atoms with van der Waals surface area (Å²) in [5, 5.41) is 4.15. The number of aromatic nitrogens is 2. The molecule has 2 aromatic carbocycles. The molecular formula is C23H24ClFN4O2. The fraction of sp³-hybridized carbons (Fsp3) is 0.391. The fourth-order valence-corrected chi connectivity index (χ4v) is 4.69. The summed E-state index contributed by atoms with van der Waals surface area (Å²) in [6.45, 7) is 5.87. The van der Waals surface area contributed by atoms with E-state index in [0.29, 0.717) is 34.4 Å². The van der Waals surface area contributed by atoms with E-state index in [4.69, 9.17) is 21.3 Å². The van der Waals surface area contributed by atoms with Crippen molar-refractivity contribution in [2.75, 3.05) is 32.8 Å². The Morgan fingerprint density at radius 3 is 2.68 bits per heavy atom. The number of piperazine rings is 1. The van der Waals surface area contributed by atoms with Gasteiger partial charge in [0.2, 0.25) is 0 Å². The number of nitrogens with one attached hydrogen (secondary N) is 1. The highest BCUT2D eigenvalue weighted by molar-refractivity contribution is 6.30. The van der Waals surface area contributed by atoms with Gasteiger partial charge in [0.05, 0.1) is 28.7 Å². The van der Waals surface area contributed by atoms with Crippen molar-refractivity contribution >= 4 is 22.5 Å². The van der Waals surface area contributed by atoms with Gasteiger partial charge in [-0.2, -0.15) is 0 Å². The van der Waals surface area contributed by atoms with Gasteiger partial charge in [0, 0.05) is 37.3 Å². The van der Waals surface area contributed by atoms with E-state index in [1.54, 1.807) is 28.8 Å². The van der Waals surface area contributed by atoms with Crippen molar-refractivity contribution in [2.24, 2.45) is 0 Å². The zero-order chi connectivity index (χ0) is 21.6. The molecule has 1 aliphatic carbocycles. The zero-order valence-corrected chi connectivity index (χ0v) is 18.1. The smallest absolute Gasteiger partial charge is 0.266 e. The molecule has 2 fully saturated rings. The first-order chi connectivity index (χ1) is 15.0. The van der Waals surface area contributed by atoms with Gasteiger partial charge in [-0.1, -0.05) is 11.6 Å². The molecule has 1 aliphatic heterocycles. The summed E-state index contributed by atoms with van der Waals surface area (Å²) in [5.74, 6) is 0.726. The van der Waals surface area contributed by atoms with Crippen LogP contribution in [0.1, 0.15) is 25.6 Å². The molecule has 0 amide bonds. The second-order valence-corrected chi connectivity index (χ2v) is 8.49. The highest BCUT2D eigenvalue weighted by Crippen LogP contribution is 2.51. The van der Waals surface area contributed by atoms with Crippen LogP contribution >= 0.6 is 11.6 Å². The molecule has 8 heteroatoms. The molecule has 31 heavy (non-hydrogen) atoms. The number of fused-ring (bicyclic) bond motifs is 1. The van der Waals surface area contributed by atoms with Crippen LogP contribution in [0.15, 0.2) is 41.2 Å². The van der Waals surface area contributed by atoms with Crippen molar-refractivity contribution in [3.05, 3.63) is 63.4 Å². The van der Waals surface area contributed by atoms with Crippen molar-refractivity contribution in [3.63, 3.8) is 0 Å². The molecule has 1 aromatic heterocycles. The van der Waals surface area contributed by atoms with E-state index >= 15 is 0 Å². The Morgan fingerprint density at radius 2 is 1.97 bits per heavy atom. The predicted octanol–water partition coefficient (Wildman–Crippen LogP) is 3.47. The van der Waals surface area contributed by atoms with Crippen LogP contribution < -0.4 is 15.6 Å². The lowest BCUT2D eigenvalue weighted by atomic mass is 10.1. The molecular weight excluding hydrogens is 419 g/mol. The van der Waals surface area contributed by atoms with Crippen LogP contribution in [0.3, 0.4) is 0 Å². The van der Waals surface area contributed by atoms with Crippen molar-refractivity contribution in [3.8, 4) is 11.4 Å². The summed E-state index contributed by atoms with van der Waals surface area (Å²) in [6, 6.07) is 9.40. The van der Waals surface area contributed by atoms with E-state index in [1.807, 2.05) is 6.92 Å². The highest BCUT2D eigenvalue weighted by Gasteiger charge is 2.53. The SMILES string of the molecule is CCOc1cc(Cl)ccc1-n1c(C2(N3CCNCC3)CC2)nc2ccc(F)cc2c1=O. The lowest BCUT2D eigenvalue weighted by molar-refractivity contribution is 0.145. The summed E-state index contributed by atoms with van der Waals surface area (Å²) in [6.07, 6.45) is 1.84. The summed E-state index contributed by atoms with van der Waals surface area (Å²) in [4.78, 5) is 21.1. The molecule has 1 saturated carbocycles. The number of ether oxygens (including phenoxy) is 1. The van der Waals surface area contributed by atoms with Gasteiger partial charge in [0.15, 0.2) is 0 Å². The van der Waals surface area contributed by atoms with Gasteiger partial charge in [0.25, 0.3) is 5.56 Å². The van der Waals surface area contributed by atoms with E-state index in [0.717, 1.165) is 39.0 Å². The molecule has 0 atom stereocenters. The average molecular weight is 443 g/mol. The Balaban J connectivity index is 1.80. The summed E-state index contributed by atoms with van der Waals surface area (Å²) < 4.78 is 21.4. The fourth-order valence-electron chi connectivity index (χ4n) is 4.53. The minimum atomic E-state index is -0.463. The van der Waals surface area contributed by atoms with E-state index in [9.17, 15) is 9.18 Å². The largest absolute Gasteiger partial charge is 0.492 e. The molecule has 2 aliphatic rings. The van der Waals surface area contributed by atoms with Gasteiger partial charge >= 0.3 is 0 Å². The van der Waals surface area contributed by atoms with Crippen LogP contribution in [-0.4, -0.2) is 47.2 Å². The van der Waals surface area contributed by atoms with Crippen molar-refractivity contribution in [1.82, 2.24) is 19.8 Å². The Kier molecular flexibility index (Phi) is 5.20. The summed E-state index contributed by atoms with van der Waals surface area (Å²) in [7, 11) is 0. The normalized spacial score (nSPS) is 18.3. The van der Waals surface area contributed by atoms with Crippen LogP contribution in [0.5, 0.6) is 5.75 Å². The molecule has 0 unspecified atom stereocenters. The van der Waals surface area contributed by atoms with E-state index in [1.165, 1.54) is 12.1 Å². The Bertz CT molecular complexity index is 1200. The monoisotopic (exact) mass is 442 g/mol. The zero-order valence-electron chi connectivity index (χ0n) is 17.3. The minimum absolute atomic E-state index is 0.247. The maximum Gasteiger partial charge on any atom is 0.266 e. The predicted molar refractivity (Wildman–Crippen MR) is 119 cm³/mol. The third-order valence-electron chi connectivity index (χ3n) is 6.16. The van der Waals surface area contributed by atoms with E-state index in [-0.39, 0.29) is 16.5 Å². The van der Waals surface area contributed by atoms with E-state index < -0.39 is 5.82 Å². The van der Waals surface area contributed by atoms with Gasteiger partial charge in [-0.05, 0) is 50.1 Å². The Morgan fingerprint density at radius 1 is 1.19 bits per heavy atom. The van der Waals surface area contributed by atoms with Crippen molar-refractivity contribution in [1.29, 1.82) is 0 Å². The van der Waals surface area contributed by atoms with Crippen LogP contribution in [0.4, 0.5) is 4.39 Å². The standard InChI is InChI=1S/C23H24ClFN4O2/c1-2-31-20-13-15(24)3-6-19(20)29-21(30)17-14-16(25)4-5-18(17)27-22(29)23(7-8-23)28-11-9-26-10-12-28/h3-6,13-14,26H,2,7-12H2,1H3. The van der Waals surface area contributed by atoms with Gasteiger partial charge < -0.3 is 10.1 Å². The van der Waals surface area contributed by atoms with Crippen LogP contribution in [0.2, 0.25) is 5.02 Å². The Labute approximate surface area is 184 Å². The van der Waals surface area contributed by atoms with Crippen LogP contribution in [0, 0.1) is 5.82 Å². The first-order valence-electron chi connectivity index (χ1n) is 10.6. The molecule has 1 N–H and O–H groups in total. The van der Waals surface area contributed by atoms with E-state index in [2.05, 4.69) is 10.2 Å². The highest BCUT2D eigenvalue weighted by atomic mass is 35.5. The molecule has 0 radical (unpaired) electrons. The lowest BCUT2D eigenvalue weighted by Gasteiger charge is -2.36. The Hall–Kier alpha value is -2.48. The topological polar surface area (TPSA) is 59.4 Å². The van der Waals surface area contributed by atoms with Gasteiger partial charge in [-0.15, -0.1) is 0 Å². The second-order valence-electron chi connectivity index (χ2n) is 8.05. The molecule has 5 rings (SSSR count). The molecule has 2 heterocycles. The van der Waals surface area contributed by atoms with Crippen LogP contribution in [-0.2, 0) is 5.54 Å². The maximum absolute atomic E-state index is 14.0. The van der Waals surface area contributed by atoms with Gasteiger partial charge in [-0.25, -0.2) is 9.37 Å².